The summed E-state index contributed by atoms with van der Waals surface area (Å²) >= 11 is 1.88. The third-order valence-corrected chi connectivity index (χ3v) is 6.80. The molecule has 0 spiro atoms. The number of hydrogen-bond acceptors (Lipinski definition) is 3. The minimum atomic E-state index is -0.293. The normalized spacial score (nSPS) is 11.5. The van der Waals surface area contributed by atoms with Gasteiger partial charge in [0.15, 0.2) is 0 Å². The Labute approximate surface area is 200 Å². The van der Waals surface area contributed by atoms with E-state index in [2.05, 4.69) is 73.7 Å². The summed E-state index contributed by atoms with van der Waals surface area (Å²) in [6.45, 7) is 2.06. The first kappa shape index (κ1) is 22.9. The Kier molecular flexibility index (Phi) is 7.64. The first-order valence-corrected chi connectivity index (χ1v) is 12.2. The van der Waals surface area contributed by atoms with Crippen LogP contribution in [0, 0.1) is 6.92 Å². The quantitative estimate of drug-likeness (QED) is 0.117. The van der Waals surface area contributed by atoms with Crippen molar-refractivity contribution in [3.8, 4) is 0 Å². The molecule has 0 aliphatic rings. The largest absolute Gasteiger partial charge is 0.465 e. The van der Waals surface area contributed by atoms with Gasteiger partial charge in [-0.3, -0.25) is 0 Å². The fraction of sp³-hybridized carbons (Fsp3) is 0.167. The van der Waals surface area contributed by atoms with E-state index in [-0.39, 0.29) is 5.97 Å². The van der Waals surface area contributed by atoms with E-state index in [0.29, 0.717) is 5.56 Å². The second kappa shape index (κ2) is 11.0. The van der Waals surface area contributed by atoms with Crippen molar-refractivity contribution in [1.82, 2.24) is 0 Å². The van der Waals surface area contributed by atoms with Crippen LogP contribution in [0.1, 0.15) is 39.9 Å². The molecular formula is C30H28O2S. The Balaban J connectivity index is 1.55. The molecule has 4 aromatic rings. The smallest absolute Gasteiger partial charge is 0.338 e. The summed E-state index contributed by atoms with van der Waals surface area (Å²) in [4.78, 5) is 13.8. The summed E-state index contributed by atoms with van der Waals surface area (Å²) < 4.78 is 5.08. The monoisotopic (exact) mass is 452 g/mol. The minimum Gasteiger partial charge on any atom is -0.465 e. The van der Waals surface area contributed by atoms with E-state index in [0.717, 1.165) is 35.3 Å². The van der Waals surface area contributed by atoms with Crippen LogP contribution in [0.5, 0.6) is 0 Å². The number of benzene rings is 4. The average molecular weight is 453 g/mol. The Morgan fingerprint density at radius 1 is 0.879 bits per heavy atom. The molecule has 0 fully saturated rings. The lowest BCUT2D eigenvalue weighted by molar-refractivity contribution is 0.0600. The molecule has 4 aromatic carbocycles. The number of fused-ring (bicyclic) bond motifs is 1. The first-order valence-electron chi connectivity index (χ1n) is 11.2. The third kappa shape index (κ3) is 5.74. The van der Waals surface area contributed by atoms with E-state index in [1.165, 1.54) is 28.4 Å². The van der Waals surface area contributed by atoms with Crippen LogP contribution in [0.2, 0.25) is 0 Å². The van der Waals surface area contributed by atoms with E-state index < -0.39 is 0 Å². The van der Waals surface area contributed by atoms with E-state index in [4.69, 9.17) is 4.74 Å². The van der Waals surface area contributed by atoms with E-state index >= 15 is 0 Å². The van der Waals surface area contributed by atoms with Gasteiger partial charge in [-0.2, -0.15) is 0 Å². The fourth-order valence-corrected chi connectivity index (χ4v) is 5.00. The number of allylic oxidation sites excluding steroid dienone is 1. The van der Waals surface area contributed by atoms with Crippen LogP contribution in [0.4, 0.5) is 0 Å². The van der Waals surface area contributed by atoms with Gasteiger partial charge in [0.1, 0.15) is 0 Å². The lowest BCUT2D eigenvalue weighted by atomic mass is 9.91. The molecule has 0 radical (unpaired) electrons. The summed E-state index contributed by atoms with van der Waals surface area (Å²) in [6, 6.07) is 31.2. The zero-order valence-corrected chi connectivity index (χ0v) is 19.9. The van der Waals surface area contributed by atoms with Crippen molar-refractivity contribution in [2.45, 2.75) is 24.7 Å². The van der Waals surface area contributed by atoms with E-state index in [1.807, 2.05) is 42.1 Å². The SMILES string of the molecule is COC(=O)c1cccc(C)c1/C(=C\c1ccccc1)CCCSc1ccc2ccccc2c1. The van der Waals surface area contributed by atoms with Crippen LogP contribution in [-0.2, 0) is 4.74 Å². The Morgan fingerprint density at radius 3 is 2.42 bits per heavy atom. The second-order valence-electron chi connectivity index (χ2n) is 8.03. The molecule has 0 N–H and O–H groups in total. The number of rotatable bonds is 8. The predicted octanol–water partition coefficient (Wildman–Crippen LogP) is 8.05. The van der Waals surface area contributed by atoms with Crippen LogP contribution in [-0.4, -0.2) is 18.8 Å². The third-order valence-electron chi connectivity index (χ3n) is 5.72. The Bertz CT molecular complexity index is 1270. The second-order valence-corrected chi connectivity index (χ2v) is 9.20. The maximum atomic E-state index is 12.5. The predicted molar refractivity (Wildman–Crippen MR) is 141 cm³/mol. The van der Waals surface area contributed by atoms with Crippen LogP contribution in [0.15, 0.2) is 95.9 Å². The molecule has 0 saturated heterocycles. The highest BCUT2D eigenvalue weighted by molar-refractivity contribution is 7.99. The van der Waals surface area contributed by atoms with Crippen molar-refractivity contribution < 1.29 is 9.53 Å². The average Bonchev–Trinajstić information content (AvgIpc) is 2.86. The van der Waals surface area contributed by atoms with Gasteiger partial charge in [0.2, 0.25) is 0 Å². The summed E-state index contributed by atoms with van der Waals surface area (Å²) in [6.07, 6.45) is 4.09. The van der Waals surface area contributed by atoms with Gasteiger partial charge in [-0.15, -0.1) is 11.8 Å². The molecule has 0 aliphatic heterocycles. The van der Waals surface area contributed by atoms with Crippen molar-refractivity contribution in [3.63, 3.8) is 0 Å². The van der Waals surface area contributed by atoms with Crippen molar-refractivity contribution in [1.29, 1.82) is 0 Å². The maximum absolute atomic E-state index is 12.5. The highest BCUT2D eigenvalue weighted by atomic mass is 32.2. The lowest BCUT2D eigenvalue weighted by Crippen LogP contribution is -2.07. The Morgan fingerprint density at radius 2 is 1.64 bits per heavy atom. The molecule has 166 valence electrons. The molecule has 3 heteroatoms. The van der Waals surface area contributed by atoms with Crippen molar-refractivity contribution in [2.24, 2.45) is 0 Å². The zero-order chi connectivity index (χ0) is 23.0. The highest BCUT2D eigenvalue weighted by Gasteiger charge is 2.17. The van der Waals surface area contributed by atoms with Crippen molar-refractivity contribution in [3.05, 3.63) is 113 Å². The summed E-state index contributed by atoms with van der Waals surface area (Å²) in [5.41, 5.74) is 5.00. The van der Waals surface area contributed by atoms with Gasteiger partial charge in [0.25, 0.3) is 0 Å². The molecule has 0 aromatic heterocycles. The number of aryl methyl sites for hydroxylation is 1. The maximum Gasteiger partial charge on any atom is 0.338 e. The molecule has 0 unspecified atom stereocenters. The van der Waals surface area contributed by atoms with Gasteiger partial charge >= 0.3 is 5.97 Å². The molecule has 0 bridgehead atoms. The topological polar surface area (TPSA) is 26.3 Å². The number of carbonyl (C=O) groups excluding carboxylic acids is 1. The van der Waals surface area contributed by atoms with Crippen LogP contribution >= 0.6 is 11.8 Å². The van der Waals surface area contributed by atoms with Crippen LogP contribution in [0.25, 0.3) is 22.4 Å². The molecule has 33 heavy (non-hydrogen) atoms. The van der Waals surface area contributed by atoms with E-state index in [1.54, 1.807) is 0 Å². The summed E-state index contributed by atoms with van der Waals surface area (Å²) in [5, 5.41) is 2.54. The first-order chi connectivity index (χ1) is 16.2. The highest BCUT2D eigenvalue weighted by Crippen LogP contribution is 2.31. The summed E-state index contributed by atoms with van der Waals surface area (Å²) in [5.74, 6) is 0.711. The summed E-state index contributed by atoms with van der Waals surface area (Å²) in [7, 11) is 1.44. The molecule has 0 atom stereocenters. The molecule has 2 nitrogen and oxygen atoms in total. The van der Waals surface area contributed by atoms with Gasteiger partial charge in [0.05, 0.1) is 12.7 Å². The standard InChI is InChI=1S/C30H28O2S/c1-22-10-8-16-28(30(31)32-2)29(22)26(20-23-11-4-3-5-12-23)15-9-19-33-27-18-17-24-13-6-7-14-25(24)21-27/h3-8,10-14,16-18,20-21H,9,15,19H2,1-2H3/b26-20-. The molecule has 4 rings (SSSR count). The van der Waals surface area contributed by atoms with Gasteiger partial charge in [-0.25, -0.2) is 4.79 Å². The lowest BCUT2D eigenvalue weighted by Gasteiger charge is -2.15. The van der Waals surface area contributed by atoms with Gasteiger partial charge in [-0.05, 0) is 76.8 Å². The molecule has 0 aliphatic carbocycles. The number of methoxy groups -OCH3 is 1. The van der Waals surface area contributed by atoms with Gasteiger partial charge in [0, 0.05) is 4.90 Å². The van der Waals surface area contributed by atoms with Crippen molar-refractivity contribution >= 4 is 40.2 Å². The molecular weight excluding hydrogens is 424 g/mol. The number of hydrogen-bond donors (Lipinski definition) is 0. The van der Waals surface area contributed by atoms with E-state index in [9.17, 15) is 4.79 Å². The molecule has 0 heterocycles. The number of thioether (sulfide) groups is 1. The number of esters is 1. The number of carbonyl (C=O) groups is 1. The molecule has 0 amide bonds. The minimum absolute atomic E-state index is 0.293. The van der Waals surface area contributed by atoms with Gasteiger partial charge < -0.3 is 4.74 Å². The fourth-order valence-electron chi connectivity index (χ4n) is 4.10. The van der Waals surface area contributed by atoms with Gasteiger partial charge in [-0.1, -0.05) is 78.9 Å². The molecule has 0 saturated carbocycles. The Hall–Kier alpha value is -3.30. The van der Waals surface area contributed by atoms with Crippen LogP contribution < -0.4 is 0 Å². The van der Waals surface area contributed by atoms with Crippen molar-refractivity contribution in [2.75, 3.05) is 12.9 Å². The number of ether oxygens (including phenoxy) is 1. The van der Waals surface area contributed by atoms with Crippen LogP contribution in [0.3, 0.4) is 0 Å². The zero-order valence-electron chi connectivity index (χ0n) is 19.1.